The van der Waals surface area contributed by atoms with Crippen molar-refractivity contribution in [2.75, 3.05) is 0 Å². The van der Waals surface area contributed by atoms with Crippen LogP contribution in [0.5, 0.6) is 0 Å². The lowest BCUT2D eigenvalue weighted by molar-refractivity contribution is -0.120. The maximum Gasteiger partial charge on any atom is 0.405 e. The van der Waals surface area contributed by atoms with Crippen molar-refractivity contribution >= 4 is 18.1 Å². The molecule has 7 heteroatoms. The number of rotatable bonds is 4. The van der Waals surface area contributed by atoms with Crippen LogP contribution in [0.4, 0.5) is 4.79 Å². The zero-order valence-electron chi connectivity index (χ0n) is 6.84. The van der Waals surface area contributed by atoms with Gasteiger partial charge in [0.15, 0.2) is 0 Å². The summed E-state index contributed by atoms with van der Waals surface area (Å²) in [5, 5.41) is 19.0. The molecule has 7 nitrogen and oxygen atoms in total. The standard InChI is InChI=1S/C6H9N3O4/c1-3(10)5(9-6(12)13)4(11)2-8-7/h2-3,5,9-10H,1H3,(H,12,13)/t3-,5-/m1/s1. The van der Waals surface area contributed by atoms with Gasteiger partial charge in [-0.1, -0.05) is 0 Å². The summed E-state index contributed by atoms with van der Waals surface area (Å²) in [7, 11) is 0. The maximum atomic E-state index is 10.9. The lowest BCUT2D eigenvalue weighted by atomic mass is 10.1. The number of ketones is 1. The minimum absolute atomic E-state index is 0.521. The van der Waals surface area contributed by atoms with Crippen LogP contribution in [-0.4, -0.2) is 45.2 Å². The average molecular weight is 187 g/mol. The molecule has 0 aliphatic rings. The lowest BCUT2D eigenvalue weighted by Crippen LogP contribution is -2.47. The maximum absolute atomic E-state index is 10.9. The van der Waals surface area contributed by atoms with Gasteiger partial charge in [-0.15, -0.1) is 0 Å². The van der Waals surface area contributed by atoms with Gasteiger partial charge < -0.3 is 21.1 Å². The first-order valence-corrected chi connectivity index (χ1v) is 3.37. The number of carboxylic acid groups (broad SMARTS) is 1. The summed E-state index contributed by atoms with van der Waals surface area (Å²) in [5.41, 5.74) is 7.99. The van der Waals surface area contributed by atoms with E-state index in [1.807, 2.05) is 0 Å². The van der Waals surface area contributed by atoms with Gasteiger partial charge in [-0.3, -0.25) is 4.79 Å². The lowest BCUT2D eigenvalue weighted by Gasteiger charge is -2.14. The Morgan fingerprint density at radius 1 is 1.62 bits per heavy atom. The molecule has 13 heavy (non-hydrogen) atoms. The molecular weight excluding hydrogens is 178 g/mol. The van der Waals surface area contributed by atoms with Gasteiger partial charge in [-0.25, -0.2) is 4.79 Å². The van der Waals surface area contributed by atoms with E-state index >= 15 is 0 Å². The normalized spacial score (nSPS) is 13.7. The molecule has 1 amide bonds. The largest absolute Gasteiger partial charge is 0.465 e. The van der Waals surface area contributed by atoms with Crippen LogP contribution in [0.15, 0.2) is 0 Å². The molecule has 72 valence electrons. The van der Waals surface area contributed by atoms with E-state index in [4.69, 9.17) is 15.7 Å². The minimum Gasteiger partial charge on any atom is -0.465 e. The molecule has 0 spiro atoms. The summed E-state index contributed by atoms with van der Waals surface area (Å²) in [5.74, 6) is -0.820. The van der Waals surface area contributed by atoms with Crippen molar-refractivity contribution in [3.8, 4) is 0 Å². The van der Waals surface area contributed by atoms with E-state index in [0.717, 1.165) is 0 Å². The van der Waals surface area contributed by atoms with Crippen LogP contribution >= 0.6 is 0 Å². The van der Waals surface area contributed by atoms with Gasteiger partial charge in [0.2, 0.25) is 0 Å². The highest BCUT2D eigenvalue weighted by molar-refractivity contribution is 6.28. The first-order valence-electron chi connectivity index (χ1n) is 3.37. The molecule has 0 heterocycles. The Morgan fingerprint density at radius 3 is 2.46 bits per heavy atom. The zero-order chi connectivity index (χ0) is 10.4. The Morgan fingerprint density at radius 2 is 2.15 bits per heavy atom. The van der Waals surface area contributed by atoms with Crippen molar-refractivity contribution in [1.82, 2.24) is 5.32 Å². The van der Waals surface area contributed by atoms with Gasteiger partial charge in [-0.05, 0) is 6.92 Å². The molecular formula is C6H9N3O4. The van der Waals surface area contributed by atoms with Gasteiger partial charge in [0.05, 0.1) is 6.10 Å². The second-order valence-corrected chi connectivity index (χ2v) is 2.31. The van der Waals surface area contributed by atoms with Gasteiger partial charge in [-0.2, -0.15) is 4.79 Å². The number of hydrogen-bond acceptors (Lipinski definition) is 3. The molecule has 0 radical (unpaired) electrons. The summed E-state index contributed by atoms with van der Waals surface area (Å²) in [6, 6.07) is -1.31. The number of nitrogens with one attached hydrogen (secondary N) is 1. The number of aliphatic hydroxyl groups is 1. The molecule has 2 atom stereocenters. The van der Waals surface area contributed by atoms with Crippen molar-refractivity contribution in [3.63, 3.8) is 0 Å². The Bertz CT molecular complexity index is 257. The summed E-state index contributed by atoms with van der Waals surface area (Å²) in [6.45, 7) is 1.24. The van der Waals surface area contributed by atoms with Crippen LogP contribution in [0.25, 0.3) is 5.53 Å². The van der Waals surface area contributed by atoms with Crippen LogP contribution in [0.3, 0.4) is 0 Å². The van der Waals surface area contributed by atoms with Crippen molar-refractivity contribution < 1.29 is 24.6 Å². The smallest absolute Gasteiger partial charge is 0.405 e. The number of Topliss-reactive ketones (excluding diaryl/α,β-unsaturated/α-hetero) is 1. The fraction of sp³-hybridized carbons (Fsp3) is 0.500. The summed E-state index contributed by atoms with van der Waals surface area (Å²) < 4.78 is 0. The molecule has 0 aliphatic carbocycles. The van der Waals surface area contributed by atoms with E-state index < -0.39 is 24.0 Å². The Kier molecular flexibility index (Phi) is 4.36. The van der Waals surface area contributed by atoms with Gasteiger partial charge >= 0.3 is 12.3 Å². The molecule has 0 aromatic rings. The predicted molar refractivity (Wildman–Crippen MR) is 41.3 cm³/mol. The Labute approximate surface area is 73.6 Å². The SMILES string of the molecule is C[C@@H](O)[C@@H](NC(=O)O)C(=O)C=[N+]=[N-]. The molecule has 0 saturated carbocycles. The number of hydrogen-bond donors (Lipinski definition) is 3. The fourth-order valence-corrected chi connectivity index (χ4v) is 0.700. The first-order chi connectivity index (χ1) is 5.99. The molecule has 0 saturated heterocycles. The third kappa shape index (κ3) is 4.00. The highest BCUT2D eigenvalue weighted by Gasteiger charge is 2.26. The predicted octanol–water partition coefficient (Wildman–Crippen LogP) is -1.13. The van der Waals surface area contributed by atoms with Crippen LogP contribution in [0, 0.1) is 0 Å². The van der Waals surface area contributed by atoms with Crippen LogP contribution < -0.4 is 5.32 Å². The average Bonchev–Trinajstić information content (AvgIpc) is 1.99. The third-order valence-corrected chi connectivity index (χ3v) is 1.25. The number of amides is 1. The number of carbonyl (C=O) groups is 2. The van der Waals surface area contributed by atoms with E-state index in [-0.39, 0.29) is 0 Å². The Balaban J connectivity index is 4.50. The van der Waals surface area contributed by atoms with Crippen molar-refractivity contribution in [2.45, 2.75) is 19.1 Å². The third-order valence-electron chi connectivity index (χ3n) is 1.25. The van der Waals surface area contributed by atoms with Crippen LogP contribution in [-0.2, 0) is 4.79 Å². The molecule has 0 aromatic heterocycles. The van der Waals surface area contributed by atoms with E-state index in [1.165, 1.54) is 6.92 Å². The highest BCUT2D eigenvalue weighted by Crippen LogP contribution is 1.92. The first kappa shape index (κ1) is 11.3. The van der Waals surface area contributed by atoms with Gasteiger partial charge in [0.1, 0.15) is 6.04 Å². The second-order valence-electron chi connectivity index (χ2n) is 2.31. The molecule has 0 fully saturated rings. The number of nitrogens with zero attached hydrogens (tertiary/aromatic N) is 2. The van der Waals surface area contributed by atoms with Gasteiger partial charge in [0, 0.05) is 0 Å². The van der Waals surface area contributed by atoms with Gasteiger partial charge in [0.25, 0.3) is 5.78 Å². The zero-order valence-corrected chi connectivity index (χ0v) is 6.84. The highest BCUT2D eigenvalue weighted by atomic mass is 16.4. The quantitative estimate of drug-likeness (QED) is 0.292. The minimum atomic E-state index is -1.44. The second kappa shape index (κ2) is 5.02. The van der Waals surface area contributed by atoms with E-state index in [9.17, 15) is 9.59 Å². The summed E-state index contributed by atoms with van der Waals surface area (Å²) in [6.07, 6.45) is -2.11. The van der Waals surface area contributed by atoms with Crippen molar-refractivity contribution in [1.29, 1.82) is 0 Å². The Hall–Kier alpha value is -1.72. The van der Waals surface area contributed by atoms with E-state index in [1.54, 1.807) is 5.32 Å². The van der Waals surface area contributed by atoms with Crippen LogP contribution in [0.2, 0.25) is 0 Å². The van der Waals surface area contributed by atoms with Crippen molar-refractivity contribution in [2.24, 2.45) is 0 Å². The molecule has 0 bridgehead atoms. The van der Waals surface area contributed by atoms with E-state index in [0.29, 0.717) is 6.21 Å². The molecule has 0 unspecified atom stereocenters. The molecule has 3 N–H and O–H groups in total. The molecule has 0 rings (SSSR count). The topological polar surface area (TPSA) is 123 Å². The van der Waals surface area contributed by atoms with E-state index in [2.05, 4.69) is 4.79 Å². The number of aliphatic hydroxyl groups excluding tert-OH is 1. The van der Waals surface area contributed by atoms with Crippen molar-refractivity contribution in [3.05, 3.63) is 5.53 Å². The van der Waals surface area contributed by atoms with Crippen LogP contribution in [0.1, 0.15) is 6.92 Å². The monoisotopic (exact) mass is 187 g/mol. The summed E-state index contributed by atoms with van der Waals surface area (Å²) in [4.78, 5) is 23.5. The molecule has 0 aromatic carbocycles. The molecule has 0 aliphatic heterocycles. The number of carbonyl (C=O) groups excluding carboxylic acids is 1. The fourth-order valence-electron chi connectivity index (χ4n) is 0.700. The summed E-state index contributed by atoms with van der Waals surface area (Å²) >= 11 is 0.